The smallest absolute Gasteiger partial charge is 0.341 e. The molecule has 1 aliphatic rings. The zero-order valence-corrected chi connectivity index (χ0v) is 18.7. The number of ether oxygens (including phenoxy) is 1. The number of rotatable bonds is 5. The summed E-state index contributed by atoms with van der Waals surface area (Å²) >= 11 is 1.48. The number of hydrogen-bond donors (Lipinski definition) is 1. The van der Waals surface area contributed by atoms with E-state index in [0.717, 1.165) is 41.0 Å². The molecule has 4 rings (SSSR count). The van der Waals surface area contributed by atoms with Crippen molar-refractivity contribution in [3.8, 4) is 0 Å². The fraction of sp³-hybridized carbons (Fsp3) is 0.292. The van der Waals surface area contributed by atoms with Crippen LogP contribution in [0.25, 0.3) is 6.08 Å². The van der Waals surface area contributed by atoms with Crippen LogP contribution in [-0.2, 0) is 29.4 Å². The number of hydrogen-bond acceptors (Lipinski definition) is 5. The maximum atomic E-state index is 12.6. The van der Waals surface area contributed by atoms with Gasteiger partial charge in [0.25, 0.3) is 0 Å². The van der Waals surface area contributed by atoms with Crippen LogP contribution in [0.5, 0.6) is 0 Å². The number of carbonyl (C=O) groups excluding carboxylic acids is 2. The molecule has 0 fully saturated rings. The summed E-state index contributed by atoms with van der Waals surface area (Å²) in [5, 5.41) is 7.63. The van der Waals surface area contributed by atoms with E-state index < -0.39 is 5.97 Å². The normalized spacial score (nSPS) is 15.6. The van der Waals surface area contributed by atoms with Crippen molar-refractivity contribution in [2.45, 2.75) is 32.1 Å². The van der Waals surface area contributed by atoms with Gasteiger partial charge in [-0.25, -0.2) is 4.79 Å². The summed E-state index contributed by atoms with van der Waals surface area (Å²) in [6.45, 7) is 1.94. The Morgan fingerprint density at radius 2 is 2.06 bits per heavy atom. The lowest BCUT2D eigenvalue weighted by Crippen LogP contribution is -2.15. The van der Waals surface area contributed by atoms with Crippen LogP contribution in [0.3, 0.4) is 0 Å². The van der Waals surface area contributed by atoms with Crippen LogP contribution in [0, 0.1) is 6.92 Å². The van der Waals surface area contributed by atoms with Crippen LogP contribution >= 0.6 is 11.3 Å². The Labute approximate surface area is 185 Å². The Morgan fingerprint density at radius 3 is 2.74 bits per heavy atom. The SMILES string of the molecule is COC(=O)c1c(NC(=O)/C=C/c2cnn(C)c2C)sc2c1CC[C@@H](c1ccccc1)C2. The van der Waals surface area contributed by atoms with E-state index in [1.165, 1.54) is 30.1 Å². The minimum absolute atomic E-state index is 0.286. The molecule has 0 aliphatic heterocycles. The molecule has 1 amide bonds. The summed E-state index contributed by atoms with van der Waals surface area (Å²) in [7, 11) is 3.23. The van der Waals surface area contributed by atoms with Crippen molar-refractivity contribution >= 4 is 34.3 Å². The van der Waals surface area contributed by atoms with Crippen molar-refractivity contribution in [1.29, 1.82) is 0 Å². The Balaban J connectivity index is 1.58. The highest BCUT2D eigenvalue weighted by molar-refractivity contribution is 7.17. The second-order valence-corrected chi connectivity index (χ2v) is 8.79. The number of esters is 1. The Bertz CT molecular complexity index is 1140. The van der Waals surface area contributed by atoms with Crippen LogP contribution < -0.4 is 5.32 Å². The second-order valence-electron chi connectivity index (χ2n) is 7.68. The Hall–Kier alpha value is -3.19. The molecular formula is C24H25N3O3S. The first-order valence-corrected chi connectivity index (χ1v) is 11.0. The van der Waals surface area contributed by atoms with Gasteiger partial charge in [0.15, 0.2) is 0 Å². The number of amides is 1. The summed E-state index contributed by atoms with van der Waals surface area (Å²) in [5.74, 6) is -0.278. The van der Waals surface area contributed by atoms with Crippen LogP contribution in [0.15, 0.2) is 42.6 Å². The highest BCUT2D eigenvalue weighted by Gasteiger charge is 2.30. The number of aryl methyl sites for hydroxylation is 1. The zero-order valence-electron chi connectivity index (χ0n) is 17.8. The van der Waals surface area contributed by atoms with Gasteiger partial charge in [-0.15, -0.1) is 11.3 Å². The van der Waals surface area contributed by atoms with E-state index in [9.17, 15) is 9.59 Å². The predicted octanol–water partition coefficient (Wildman–Crippen LogP) is 4.50. The van der Waals surface area contributed by atoms with Crippen LogP contribution in [-0.4, -0.2) is 28.8 Å². The van der Waals surface area contributed by atoms with E-state index in [-0.39, 0.29) is 5.91 Å². The summed E-state index contributed by atoms with van der Waals surface area (Å²) in [6, 6.07) is 10.4. The molecule has 31 heavy (non-hydrogen) atoms. The van der Waals surface area contributed by atoms with Crippen LogP contribution in [0.1, 0.15) is 50.0 Å². The van der Waals surface area contributed by atoms with Gasteiger partial charge in [0.05, 0.1) is 18.9 Å². The minimum atomic E-state index is -0.405. The highest BCUT2D eigenvalue weighted by atomic mass is 32.1. The van der Waals surface area contributed by atoms with Gasteiger partial charge >= 0.3 is 5.97 Å². The summed E-state index contributed by atoms with van der Waals surface area (Å²) in [4.78, 5) is 26.3. The van der Waals surface area contributed by atoms with Crippen molar-refractivity contribution in [2.24, 2.45) is 7.05 Å². The molecule has 0 spiro atoms. The quantitative estimate of drug-likeness (QED) is 0.473. The average Bonchev–Trinajstić information content (AvgIpc) is 3.31. The summed E-state index contributed by atoms with van der Waals surface area (Å²) in [6.07, 6.45) is 7.52. The first kappa shape index (κ1) is 21.1. The lowest BCUT2D eigenvalue weighted by atomic mass is 9.83. The first-order chi connectivity index (χ1) is 15.0. The molecule has 0 saturated carbocycles. The van der Waals surface area contributed by atoms with Gasteiger partial charge in [0, 0.05) is 29.3 Å². The number of benzene rings is 1. The number of thiophene rings is 1. The number of fused-ring (bicyclic) bond motifs is 1. The fourth-order valence-electron chi connectivity index (χ4n) is 4.00. The molecule has 6 nitrogen and oxygen atoms in total. The first-order valence-electron chi connectivity index (χ1n) is 10.2. The predicted molar refractivity (Wildman–Crippen MR) is 122 cm³/mol. The van der Waals surface area contributed by atoms with Gasteiger partial charge < -0.3 is 10.1 Å². The topological polar surface area (TPSA) is 73.2 Å². The standard InChI is InChI=1S/C24H25N3O3S/c1-15-18(14-25-27(15)2)10-12-21(28)26-23-22(24(29)30-3)19-11-9-17(13-20(19)31-23)16-7-5-4-6-8-16/h4-8,10,12,14,17H,9,11,13H2,1-3H3,(H,26,28)/b12-10+/t17-/m1/s1. The molecule has 160 valence electrons. The largest absolute Gasteiger partial charge is 0.465 e. The fourth-order valence-corrected chi connectivity index (χ4v) is 5.32. The molecule has 0 unspecified atom stereocenters. The van der Waals surface area contributed by atoms with E-state index in [2.05, 4.69) is 34.7 Å². The lowest BCUT2D eigenvalue weighted by Gasteiger charge is -2.22. The van der Waals surface area contributed by atoms with Gasteiger partial charge in [-0.05, 0) is 49.3 Å². The van der Waals surface area contributed by atoms with Gasteiger partial charge in [-0.1, -0.05) is 30.3 Å². The average molecular weight is 436 g/mol. The van der Waals surface area contributed by atoms with Gasteiger partial charge in [0.2, 0.25) is 5.91 Å². The van der Waals surface area contributed by atoms with Crippen molar-refractivity contribution in [2.75, 3.05) is 12.4 Å². The number of nitrogens with one attached hydrogen (secondary N) is 1. The van der Waals surface area contributed by atoms with Gasteiger partial charge in [-0.2, -0.15) is 5.10 Å². The number of carbonyl (C=O) groups is 2. The molecule has 1 atom stereocenters. The van der Waals surface area contributed by atoms with E-state index >= 15 is 0 Å². The third kappa shape index (κ3) is 4.32. The maximum absolute atomic E-state index is 12.6. The molecule has 0 bridgehead atoms. The monoisotopic (exact) mass is 435 g/mol. The molecule has 2 heterocycles. The van der Waals surface area contributed by atoms with E-state index in [1.54, 1.807) is 17.0 Å². The number of methoxy groups -OCH3 is 1. The molecule has 1 aliphatic carbocycles. The Kier molecular flexibility index (Phi) is 6.04. The third-order valence-electron chi connectivity index (χ3n) is 5.85. The van der Waals surface area contributed by atoms with Gasteiger partial charge in [-0.3, -0.25) is 9.48 Å². The molecule has 7 heteroatoms. The summed E-state index contributed by atoms with van der Waals surface area (Å²) in [5.41, 5.74) is 4.65. The maximum Gasteiger partial charge on any atom is 0.341 e. The molecule has 1 aromatic carbocycles. The minimum Gasteiger partial charge on any atom is -0.465 e. The number of anilines is 1. The van der Waals surface area contributed by atoms with Crippen molar-refractivity contribution in [3.63, 3.8) is 0 Å². The Morgan fingerprint density at radius 1 is 1.29 bits per heavy atom. The van der Waals surface area contributed by atoms with Gasteiger partial charge in [0.1, 0.15) is 5.00 Å². The van der Waals surface area contributed by atoms with Crippen molar-refractivity contribution < 1.29 is 14.3 Å². The molecule has 3 aromatic rings. The van der Waals surface area contributed by atoms with E-state index in [1.807, 2.05) is 20.0 Å². The molecule has 0 radical (unpaired) electrons. The molecule has 0 saturated heterocycles. The van der Waals surface area contributed by atoms with Crippen LogP contribution in [0.4, 0.5) is 5.00 Å². The number of nitrogens with zero attached hydrogens (tertiary/aromatic N) is 2. The molecule has 1 N–H and O–H groups in total. The summed E-state index contributed by atoms with van der Waals surface area (Å²) < 4.78 is 6.78. The second kappa shape index (κ2) is 8.89. The number of aromatic nitrogens is 2. The molecule has 2 aromatic heterocycles. The zero-order chi connectivity index (χ0) is 22.0. The van der Waals surface area contributed by atoms with Crippen molar-refractivity contribution in [3.05, 3.63) is 75.4 Å². The highest BCUT2D eigenvalue weighted by Crippen LogP contribution is 2.42. The third-order valence-corrected chi connectivity index (χ3v) is 7.02. The van der Waals surface area contributed by atoms with Crippen molar-refractivity contribution in [1.82, 2.24) is 9.78 Å². The van der Waals surface area contributed by atoms with E-state index in [4.69, 9.17) is 4.74 Å². The lowest BCUT2D eigenvalue weighted by molar-refractivity contribution is -0.111. The van der Waals surface area contributed by atoms with Crippen LogP contribution in [0.2, 0.25) is 0 Å². The molecular weight excluding hydrogens is 410 g/mol. The van der Waals surface area contributed by atoms with E-state index in [0.29, 0.717) is 16.5 Å².